The van der Waals surface area contributed by atoms with Gasteiger partial charge in [0.05, 0.1) is 76.4 Å². The van der Waals surface area contributed by atoms with E-state index < -0.39 is 17.6 Å². The van der Waals surface area contributed by atoms with Crippen LogP contribution in [0, 0.1) is 0 Å². The van der Waals surface area contributed by atoms with Gasteiger partial charge in [0.15, 0.2) is 0 Å². The van der Waals surface area contributed by atoms with Gasteiger partial charge >= 0.3 is 12.2 Å². The van der Waals surface area contributed by atoms with Crippen molar-refractivity contribution in [1.82, 2.24) is 20.5 Å². The lowest BCUT2D eigenvalue weighted by Crippen LogP contribution is -2.44. The molecule has 4 aromatic rings. The number of carbonyl (C=O) groups is 3. The van der Waals surface area contributed by atoms with Crippen LogP contribution in [0.25, 0.3) is 11.3 Å². The summed E-state index contributed by atoms with van der Waals surface area (Å²) >= 11 is 0. The highest BCUT2D eigenvalue weighted by Crippen LogP contribution is 2.33. The smallest absolute Gasteiger partial charge is 0.395 e. The van der Waals surface area contributed by atoms with Crippen LogP contribution < -0.4 is 20.9 Å². The number of rotatable bonds is 29. The first-order valence-corrected chi connectivity index (χ1v) is 21.7. The second-order valence-corrected chi connectivity index (χ2v) is 14.6. The Morgan fingerprint density at radius 1 is 0.692 bits per heavy atom. The van der Waals surface area contributed by atoms with Gasteiger partial charge in [-0.1, -0.05) is 24.3 Å². The zero-order chi connectivity index (χ0) is 46.9. The molecule has 0 unspecified atom stereocenters. The van der Waals surface area contributed by atoms with E-state index in [1.54, 1.807) is 12.1 Å². The normalized spacial score (nSPS) is 11.3. The van der Waals surface area contributed by atoms with Crippen LogP contribution in [0.2, 0.25) is 0 Å². The molecule has 0 radical (unpaired) electrons. The summed E-state index contributed by atoms with van der Waals surface area (Å²) in [5.74, 6) is -0.817. The first-order chi connectivity index (χ1) is 31.5. The number of carbonyl (C=O) groups excluding carboxylic acids is 3. The maximum absolute atomic E-state index is 13.7. The number of aryl methyl sites for hydroxylation is 1. The van der Waals surface area contributed by atoms with Crippen molar-refractivity contribution >= 4 is 29.2 Å². The molecular weight excluding hydrogens is 850 g/mol. The number of benzene rings is 3. The van der Waals surface area contributed by atoms with E-state index in [9.17, 15) is 27.6 Å². The largest absolute Gasteiger partial charge is 0.416 e. The predicted octanol–water partition coefficient (Wildman–Crippen LogP) is 5.79. The highest BCUT2D eigenvalue weighted by atomic mass is 19.4. The van der Waals surface area contributed by atoms with Crippen molar-refractivity contribution in [3.63, 3.8) is 0 Å². The summed E-state index contributed by atoms with van der Waals surface area (Å²) in [6, 6.07) is 20.5. The number of anilines is 2. The molecule has 0 fully saturated rings. The van der Waals surface area contributed by atoms with Gasteiger partial charge in [0.1, 0.15) is 0 Å². The summed E-state index contributed by atoms with van der Waals surface area (Å²) in [6.07, 6.45) is -1.60. The van der Waals surface area contributed by atoms with E-state index in [-0.39, 0.29) is 50.3 Å². The topological polar surface area (TPSA) is 184 Å². The van der Waals surface area contributed by atoms with Crippen LogP contribution >= 0.6 is 0 Å². The van der Waals surface area contributed by atoms with Crippen LogP contribution in [0.3, 0.4) is 0 Å². The maximum atomic E-state index is 13.7. The summed E-state index contributed by atoms with van der Waals surface area (Å²) in [4.78, 5) is 46.9. The van der Waals surface area contributed by atoms with Crippen LogP contribution in [0.5, 0.6) is 0 Å². The molecule has 0 spiro atoms. The molecule has 3 aromatic carbocycles. The van der Waals surface area contributed by atoms with Crippen molar-refractivity contribution in [2.75, 3.05) is 109 Å². The molecule has 1 heterocycles. The molecule has 0 bridgehead atoms. The van der Waals surface area contributed by atoms with Crippen molar-refractivity contribution in [2.24, 2.45) is 0 Å². The number of hydrogen-bond acceptors (Lipinski definition) is 11. The highest BCUT2D eigenvalue weighted by molar-refractivity contribution is 6.06. The fourth-order valence-electron chi connectivity index (χ4n) is 6.60. The van der Waals surface area contributed by atoms with Crippen molar-refractivity contribution in [1.29, 1.82) is 0 Å². The van der Waals surface area contributed by atoms with E-state index in [1.807, 2.05) is 50.2 Å². The minimum Gasteiger partial charge on any atom is -0.395 e. The van der Waals surface area contributed by atoms with Crippen molar-refractivity contribution in [2.45, 2.75) is 39.4 Å². The van der Waals surface area contributed by atoms with Gasteiger partial charge in [-0.15, -0.1) is 0 Å². The Morgan fingerprint density at radius 3 is 1.98 bits per heavy atom. The SMILES string of the molecule is CCN(CC)c1ccc(NC(=O)c2cccc(CCCOCCOCCOCCOCCNC(=O)N(CCO)CCO)c2)c(-c2cc(C(=O)NCc3cccc(C(F)(F)F)c3)ccn2)c1. The average molecular weight is 911 g/mol. The molecular formula is C47H61F3N6O9. The Morgan fingerprint density at radius 2 is 1.32 bits per heavy atom. The van der Waals surface area contributed by atoms with Gasteiger partial charge < -0.3 is 54.9 Å². The molecule has 0 aliphatic rings. The molecule has 1 aromatic heterocycles. The molecule has 0 aliphatic heterocycles. The lowest BCUT2D eigenvalue weighted by atomic mass is 10.0. The second kappa shape index (κ2) is 28.3. The summed E-state index contributed by atoms with van der Waals surface area (Å²) < 4.78 is 61.9. The number of nitrogens with one attached hydrogen (secondary N) is 3. The minimum atomic E-state index is -4.50. The van der Waals surface area contributed by atoms with Crippen LogP contribution in [0.1, 0.15) is 57.7 Å². The molecule has 0 saturated heterocycles. The van der Waals surface area contributed by atoms with Crippen molar-refractivity contribution in [3.05, 3.63) is 113 Å². The number of hydrogen-bond donors (Lipinski definition) is 5. The van der Waals surface area contributed by atoms with Gasteiger partial charge in [-0.3, -0.25) is 14.6 Å². The summed E-state index contributed by atoms with van der Waals surface area (Å²) in [5.41, 5.74) is 3.59. The number of halogens is 3. The standard InChI is InChI=1S/C47H61F3N6O9/c1-3-55(4-2)40-13-14-42(41(33-40)43-32-38(15-16-51-43)44(59)53-34-36-9-6-12-39(31-36)47(48,49)50)54-45(60)37-11-5-8-35(30-37)10-7-22-62-24-26-64-28-29-65-27-25-63-23-17-52-46(61)56(18-20-57)19-21-58/h5-6,8-9,11-16,30-33,57-58H,3-4,7,10,17-29,34H2,1-2H3,(H,52,61)(H,53,59)(H,54,60). The third kappa shape index (κ3) is 18.0. The molecule has 354 valence electrons. The molecule has 18 heteroatoms. The minimum absolute atomic E-state index is 0.105. The van der Waals surface area contributed by atoms with E-state index in [2.05, 4.69) is 25.8 Å². The molecule has 15 nitrogen and oxygen atoms in total. The van der Waals surface area contributed by atoms with Gasteiger partial charge in [0.2, 0.25) is 0 Å². The summed E-state index contributed by atoms with van der Waals surface area (Å²) in [6.45, 7) is 8.80. The second-order valence-electron chi connectivity index (χ2n) is 14.6. The summed E-state index contributed by atoms with van der Waals surface area (Å²) in [7, 11) is 0. The number of alkyl halides is 3. The average Bonchev–Trinajstić information content (AvgIpc) is 3.31. The molecule has 0 atom stereocenters. The maximum Gasteiger partial charge on any atom is 0.416 e. The monoisotopic (exact) mass is 910 g/mol. The molecule has 4 rings (SSSR count). The van der Waals surface area contributed by atoms with Gasteiger partial charge in [-0.2, -0.15) is 13.2 Å². The van der Waals surface area contributed by atoms with E-state index in [1.165, 1.54) is 29.3 Å². The Labute approximate surface area is 378 Å². The summed E-state index contributed by atoms with van der Waals surface area (Å²) in [5, 5.41) is 26.4. The number of urea groups is 1. The van der Waals surface area contributed by atoms with E-state index in [0.717, 1.165) is 42.9 Å². The van der Waals surface area contributed by atoms with Gasteiger partial charge in [-0.05, 0) is 92.4 Å². The molecule has 5 N–H and O–H groups in total. The number of aliphatic hydroxyl groups excluding tert-OH is 2. The van der Waals surface area contributed by atoms with Gasteiger partial charge in [0.25, 0.3) is 11.8 Å². The van der Waals surface area contributed by atoms with E-state index >= 15 is 0 Å². The number of ether oxygens (including phenoxy) is 4. The van der Waals surface area contributed by atoms with Crippen LogP contribution in [-0.4, -0.2) is 137 Å². The van der Waals surface area contributed by atoms with Crippen LogP contribution in [0.4, 0.5) is 29.3 Å². The van der Waals surface area contributed by atoms with Crippen LogP contribution in [0.15, 0.2) is 85.1 Å². The fourth-order valence-corrected chi connectivity index (χ4v) is 6.60. The predicted molar refractivity (Wildman–Crippen MR) is 241 cm³/mol. The first-order valence-electron chi connectivity index (χ1n) is 21.7. The Balaban J connectivity index is 1.20. The zero-order valence-corrected chi connectivity index (χ0v) is 37.0. The number of aromatic nitrogens is 1. The van der Waals surface area contributed by atoms with E-state index in [4.69, 9.17) is 29.2 Å². The third-order valence-electron chi connectivity index (χ3n) is 9.99. The highest BCUT2D eigenvalue weighted by Gasteiger charge is 2.30. The molecule has 65 heavy (non-hydrogen) atoms. The Bertz CT molecular complexity index is 2070. The zero-order valence-electron chi connectivity index (χ0n) is 37.0. The van der Waals surface area contributed by atoms with Crippen molar-refractivity contribution < 1.29 is 56.7 Å². The third-order valence-corrected chi connectivity index (χ3v) is 9.99. The quantitative estimate of drug-likeness (QED) is 0.0416. The van der Waals surface area contributed by atoms with Crippen molar-refractivity contribution in [3.8, 4) is 11.3 Å². The Hall–Kier alpha value is -5.63. The Kier molecular flexibility index (Phi) is 22.7. The number of aliphatic hydroxyl groups is 2. The van der Waals surface area contributed by atoms with E-state index in [0.29, 0.717) is 93.9 Å². The fraction of sp³-hybridized carbons (Fsp3) is 0.447. The van der Waals surface area contributed by atoms with Crippen LogP contribution in [-0.2, 0) is 38.1 Å². The molecule has 0 aliphatic carbocycles. The van der Waals surface area contributed by atoms with Gasteiger partial charge in [0, 0.05) is 74.5 Å². The number of amides is 4. The number of nitrogens with zero attached hydrogens (tertiary/aromatic N) is 3. The number of pyridine rings is 1. The lowest BCUT2D eigenvalue weighted by Gasteiger charge is -2.23. The molecule has 0 saturated carbocycles. The molecule has 4 amide bonds. The van der Waals surface area contributed by atoms with Gasteiger partial charge in [-0.25, -0.2) is 4.79 Å². The first kappa shape index (κ1) is 52.0. The lowest BCUT2D eigenvalue weighted by molar-refractivity contribution is -0.137.